The highest BCUT2D eigenvalue weighted by atomic mass is 16.3. The SMILES string of the molecule is O=C(Cc1ccco1)c1cn[nH]c1. The number of carbonyl (C=O) groups is 1. The molecule has 0 unspecified atom stereocenters. The minimum absolute atomic E-state index is 0.00343. The molecule has 0 bridgehead atoms. The normalized spacial score (nSPS) is 10.2. The first kappa shape index (κ1) is 7.79. The van der Waals surface area contributed by atoms with Crippen molar-refractivity contribution in [2.75, 3.05) is 0 Å². The van der Waals surface area contributed by atoms with Crippen molar-refractivity contribution in [2.24, 2.45) is 0 Å². The minimum Gasteiger partial charge on any atom is -0.469 e. The third-order valence-electron chi connectivity index (χ3n) is 1.74. The van der Waals surface area contributed by atoms with Gasteiger partial charge in [0.2, 0.25) is 0 Å². The van der Waals surface area contributed by atoms with Crippen molar-refractivity contribution < 1.29 is 9.21 Å². The van der Waals surface area contributed by atoms with Crippen molar-refractivity contribution >= 4 is 5.78 Å². The van der Waals surface area contributed by atoms with Gasteiger partial charge in [-0.05, 0) is 12.1 Å². The van der Waals surface area contributed by atoms with Crippen LogP contribution in [0.2, 0.25) is 0 Å². The lowest BCUT2D eigenvalue weighted by Crippen LogP contribution is -2.00. The molecular formula is C9H8N2O2. The highest BCUT2D eigenvalue weighted by Crippen LogP contribution is 2.06. The number of hydrogen-bond donors (Lipinski definition) is 1. The van der Waals surface area contributed by atoms with E-state index in [4.69, 9.17) is 4.42 Å². The summed E-state index contributed by atoms with van der Waals surface area (Å²) in [5, 5.41) is 6.28. The Morgan fingerprint density at radius 2 is 2.54 bits per heavy atom. The van der Waals surface area contributed by atoms with E-state index in [9.17, 15) is 4.79 Å². The molecule has 0 aliphatic heterocycles. The van der Waals surface area contributed by atoms with Gasteiger partial charge < -0.3 is 4.42 Å². The number of nitrogens with zero attached hydrogens (tertiary/aromatic N) is 1. The molecule has 66 valence electrons. The van der Waals surface area contributed by atoms with Crippen molar-refractivity contribution in [1.82, 2.24) is 10.2 Å². The second-order valence-electron chi connectivity index (χ2n) is 2.67. The van der Waals surface area contributed by atoms with E-state index in [2.05, 4.69) is 10.2 Å². The zero-order valence-corrected chi connectivity index (χ0v) is 6.86. The van der Waals surface area contributed by atoms with Gasteiger partial charge >= 0.3 is 0 Å². The van der Waals surface area contributed by atoms with E-state index in [1.165, 1.54) is 6.20 Å². The predicted molar refractivity (Wildman–Crippen MR) is 45.3 cm³/mol. The summed E-state index contributed by atoms with van der Waals surface area (Å²) in [6, 6.07) is 3.54. The van der Waals surface area contributed by atoms with E-state index in [0.717, 1.165) is 0 Å². The molecule has 2 rings (SSSR count). The smallest absolute Gasteiger partial charge is 0.173 e. The maximum atomic E-state index is 11.5. The minimum atomic E-state index is 0.00343. The number of carbonyl (C=O) groups excluding carboxylic acids is 1. The van der Waals surface area contributed by atoms with Crippen LogP contribution >= 0.6 is 0 Å². The third kappa shape index (κ3) is 1.66. The largest absolute Gasteiger partial charge is 0.469 e. The molecule has 13 heavy (non-hydrogen) atoms. The molecule has 0 fully saturated rings. The molecule has 2 heterocycles. The van der Waals surface area contributed by atoms with E-state index in [-0.39, 0.29) is 12.2 Å². The Bertz CT molecular complexity index is 376. The number of aromatic nitrogens is 2. The summed E-state index contributed by atoms with van der Waals surface area (Å²) in [5.74, 6) is 0.676. The first-order valence-corrected chi connectivity index (χ1v) is 3.90. The molecule has 4 nitrogen and oxygen atoms in total. The van der Waals surface area contributed by atoms with Gasteiger partial charge in [-0.2, -0.15) is 5.10 Å². The van der Waals surface area contributed by atoms with Crippen molar-refractivity contribution in [3.05, 3.63) is 42.1 Å². The predicted octanol–water partition coefficient (Wildman–Crippen LogP) is 1.43. The van der Waals surface area contributed by atoms with Gasteiger partial charge in [-0.3, -0.25) is 9.89 Å². The van der Waals surface area contributed by atoms with Crippen LogP contribution in [0.15, 0.2) is 35.2 Å². The maximum Gasteiger partial charge on any atom is 0.173 e. The van der Waals surface area contributed by atoms with E-state index < -0.39 is 0 Å². The number of rotatable bonds is 3. The van der Waals surface area contributed by atoms with Crippen molar-refractivity contribution in [1.29, 1.82) is 0 Å². The summed E-state index contributed by atoms with van der Waals surface area (Å²) in [4.78, 5) is 11.5. The van der Waals surface area contributed by atoms with Crippen LogP contribution in [0.25, 0.3) is 0 Å². The van der Waals surface area contributed by atoms with Gasteiger partial charge in [-0.15, -0.1) is 0 Å². The average molecular weight is 176 g/mol. The van der Waals surface area contributed by atoms with Crippen molar-refractivity contribution in [3.8, 4) is 0 Å². The molecule has 0 aliphatic rings. The van der Waals surface area contributed by atoms with E-state index in [1.807, 2.05) is 0 Å². The molecule has 0 radical (unpaired) electrons. The first-order chi connectivity index (χ1) is 6.36. The van der Waals surface area contributed by atoms with E-state index >= 15 is 0 Å². The molecule has 2 aromatic heterocycles. The molecule has 0 aliphatic carbocycles. The Balaban J connectivity index is 2.08. The lowest BCUT2D eigenvalue weighted by atomic mass is 10.1. The molecule has 0 saturated heterocycles. The summed E-state index contributed by atoms with van der Waals surface area (Å²) >= 11 is 0. The number of aromatic amines is 1. The second-order valence-corrected chi connectivity index (χ2v) is 2.67. The van der Waals surface area contributed by atoms with Crippen molar-refractivity contribution in [3.63, 3.8) is 0 Å². The van der Waals surface area contributed by atoms with Crippen molar-refractivity contribution in [2.45, 2.75) is 6.42 Å². The van der Waals surface area contributed by atoms with Gasteiger partial charge in [0.1, 0.15) is 5.76 Å². The lowest BCUT2D eigenvalue weighted by molar-refractivity contribution is 0.0987. The molecule has 0 spiro atoms. The number of ketones is 1. The van der Waals surface area contributed by atoms with Crippen LogP contribution in [0.5, 0.6) is 0 Å². The fourth-order valence-electron chi connectivity index (χ4n) is 1.08. The number of Topliss-reactive ketones (excluding diaryl/α,β-unsaturated/α-hetero) is 1. The Kier molecular flexibility index (Phi) is 1.96. The standard InChI is InChI=1S/C9H8N2O2/c12-9(7-5-10-11-6-7)4-8-2-1-3-13-8/h1-3,5-6H,4H2,(H,10,11). The van der Waals surface area contributed by atoms with Crippen LogP contribution < -0.4 is 0 Å². The van der Waals surface area contributed by atoms with Gasteiger partial charge in [0, 0.05) is 6.20 Å². The molecule has 0 aromatic carbocycles. The summed E-state index contributed by atoms with van der Waals surface area (Å²) in [6.45, 7) is 0. The van der Waals surface area contributed by atoms with Crippen LogP contribution in [0.3, 0.4) is 0 Å². The monoisotopic (exact) mass is 176 g/mol. The number of nitrogens with one attached hydrogen (secondary N) is 1. The van der Waals surface area contributed by atoms with Gasteiger partial charge in [0.15, 0.2) is 5.78 Å². The quantitative estimate of drug-likeness (QED) is 0.719. The average Bonchev–Trinajstić information content (AvgIpc) is 2.74. The summed E-state index contributed by atoms with van der Waals surface area (Å²) < 4.78 is 5.05. The lowest BCUT2D eigenvalue weighted by Gasteiger charge is -1.92. The topological polar surface area (TPSA) is 58.9 Å². The number of furan rings is 1. The zero-order chi connectivity index (χ0) is 9.10. The zero-order valence-electron chi connectivity index (χ0n) is 6.86. The van der Waals surface area contributed by atoms with Crippen LogP contribution in [0, 0.1) is 0 Å². The number of hydrogen-bond acceptors (Lipinski definition) is 3. The number of H-pyrrole nitrogens is 1. The Hall–Kier alpha value is -1.84. The fourth-order valence-corrected chi connectivity index (χ4v) is 1.08. The molecule has 2 aromatic rings. The molecule has 0 amide bonds. The molecule has 4 heteroatoms. The van der Waals surface area contributed by atoms with Gasteiger partial charge in [0.25, 0.3) is 0 Å². The van der Waals surface area contributed by atoms with Gasteiger partial charge in [-0.1, -0.05) is 0 Å². The molecular weight excluding hydrogens is 168 g/mol. The highest BCUT2D eigenvalue weighted by Gasteiger charge is 2.08. The highest BCUT2D eigenvalue weighted by molar-refractivity contribution is 5.96. The van der Waals surface area contributed by atoms with Crippen LogP contribution in [0.1, 0.15) is 16.1 Å². The second kappa shape index (κ2) is 3.26. The van der Waals surface area contributed by atoms with Crippen LogP contribution in [-0.4, -0.2) is 16.0 Å². The van der Waals surface area contributed by atoms with Gasteiger partial charge in [-0.25, -0.2) is 0 Å². The Morgan fingerprint density at radius 3 is 3.15 bits per heavy atom. The van der Waals surface area contributed by atoms with Crippen LogP contribution in [-0.2, 0) is 6.42 Å². The summed E-state index contributed by atoms with van der Waals surface area (Å²) in [7, 11) is 0. The maximum absolute atomic E-state index is 11.5. The Labute approximate surface area is 74.6 Å². The molecule has 0 saturated carbocycles. The van der Waals surface area contributed by atoms with E-state index in [1.54, 1.807) is 24.6 Å². The molecule has 0 atom stereocenters. The van der Waals surface area contributed by atoms with Crippen LogP contribution in [0.4, 0.5) is 0 Å². The van der Waals surface area contributed by atoms with Gasteiger partial charge in [0.05, 0.1) is 24.4 Å². The summed E-state index contributed by atoms with van der Waals surface area (Å²) in [6.07, 6.45) is 4.92. The summed E-state index contributed by atoms with van der Waals surface area (Å²) in [5.41, 5.74) is 0.580. The first-order valence-electron chi connectivity index (χ1n) is 3.90. The van der Waals surface area contributed by atoms with E-state index in [0.29, 0.717) is 11.3 Å². The third-order valence-corrected chi connectivity index (χ3v) is 1.74. The fraction of sp³-hybridized carbons (Fsp3) is 0.111. The molecule has 1 N–H and O–H groups in total. The Morgan fingerprint density at radius 1 is 1.62 bits per heavy atom.